The number of hydrogen-bond donors (Lipinski definition) is 3. The zero-order chi connectivity index (χ0) is 32.8. The van der Waals surface area contributed by atoms with Gasteiger partial charge in [0, 0.05) is 50.6 Å². The summed E-state index contributed by atoms with van der Waals surface area (Å²) in [5.74, 6) is -4.03. The molecule has 5 rings (SSSR count). The second-order valence-corrected chi connectivity index (χ2v) is 13.3. The van der Waals surface area contributed by atoms with Crippen molar-refractivity contribution in [2.75, 3.05) is 31.8 Å². The molecule has 0 fully saturated rings. The van der Waals surface area contributed by atoms with Crippen LogP contribution in [-0.4, -0.2) is 56.7 Å². The number of hydrogen-bond acceptors (Lipinski definition) is 10. The Morgan fingerprint density at radius 1 is 1.04 bits per heavy atom. The monoisotopic (exact) mass is 663 g/mol. The third-order valence-corrected chi connectivity index (χ3v) is 9.12. The van der Waals surface area contributed by atoms with E-state index < -0.39 is 33.4 Å². The molecule has 0 saturated heterocycles. The number of sulfone groups is 1. The molecule has 2 amide bonds. The SMILES string of the molecule is COCCNCc1ccc(-c2cc3nccc(Oc4ccc(C(C(N)=O)C(=O)Nc5cccc(S(C)(=O)=O)c5)cc4F)c3s2)nc1. The first kappa shape index (κ1) is 32.6. The lowest BCUT2D eigenvalue weighted by molar-refractivity contribution is -0.127. The van der Waals surface area contributed by atoms with Gasteiger partial charge in [0.2, 0.25) is 11.8 Å². The normalized spacial score (nSPS) is 12.2. The first-order valence-electron chi connectivity index (χ1n) is 13.9. The fourth-order valence-corrected chi connectivity index (χ4v) is 6.27. The summed E-state index contributed by atoms with van der Waals surface area (Å²) >= 11 is 1.40. The number of carbonyl (C=O) groups excluding carboxylic acids is 2. The Morgan fingerprint density at radius 3 is 2.57 bits per heavy atom. The highest BCUT2D eigenvalue weighted by Gasteiger charge is 2.28. The van der Waals surface area contributed by atoms with Crippen LogP contribution in [0.2, 0.25) is 0 Å². The first-order valence-corrected chi connectivity index (χ1v) is 16.7. The van der Waals surface area contributed by atoms with Gasteiger partial charge in [0.05, 0.1) is 32.3 Å². The number of ether oxygens (including phenoxy) is 2. The molecule has 2 aromatic carbocycles. The van der Waals surface area contributed by atoms with E-state index >= 15 is 4.39 Å². The molecular formula is C32H30FN5O6S2. The third-order valence-electron chi connectivity index (χ3n) is 6.85. The largest absolute Gasteiger partial charge is 0.453 e. The number of anilines is 1. The van der Waals surface area contributed by atoms with Gasteiger partial charge in [0.15, 0.2) is 21.4 Å². The molecule has 1 atom stereocenters. The van der Waals surface area contributed by atoms with E-state index in [1.165, 1.54) is 47.7 Å². The van der Waals surface area contributed by atoms with Gasteiger partial charge in [-0.05, 0) is 53.6 Å². The minimum absolute atomic E-state index is 0.00387. The molecule has 0 radical (unpaired) electrons. The number of nitrogens with zero attached hydrogens (tertiary/aromatic N) is 2. The molecule has 0 aliphatic heterocycles. The summed E-state index contributed by atoms with van der Waals surface area (Å²) in [5, 5.41) is 5.76. The minimum atomic E-state index is -3.54. The molecule has 14 heteroatoms. The van der Waals surface area contributed by atoms with Crippen LogP contribution in [0.4, 0.5) is 10.1 Å². The van der Waals surface area contributed by atoms with Crippen molar-refractivity contribution in [1.82, 2.24) is 15.3 Å². The standard InChI is InChI=1S/C32H30FN5O6S2/c1-43-13-12-35-17-19-6-8-24(37-18-19)28-16-25-30(45-28)27(10-11-36-25)44-26-9-7-20(14-23(26)33)29(31(34)39)32(40)38-21-4-3-5-22(15-21)46(2,41)42/h3-11,14-16,18,29,35H,12-13,17H2,1-2H3,(H2,34,39)(H,38,40). The highest BCUT2D eigenvalue weighted by molar-refractivity contribution is 7.90. The van der Waals surface area contributed by atoms with Crippen LogP contribution in [0.3, 0.4) is 0 Å². The zero-order valence-corrected chi connectivity index (χ0v) is 26.5. The lowest BCUT2D eigenvalue weighted by atomic mass is 9.97. The maximum absolute atomic E-state index is 15.4. The van der Waals surface area contributed by atoms with Crippen LogP contribution in [0.1, 0.15) is 17.0 Å². The number of pyridine rings is 2. The van der Waals surface area contributed by atoms with Crippen molar-refractivity contribution >= 4 is 48.9 Å². The van der Waals surface area contributed by atoms with Crippen molar-refractivity contribution in [3.63, 3.8) is 0 Å². The van der Waals surface area contributed by atoms with Crippen molar-refractivity contribution in [2.24, 2.45) is 5.73 Å². The Kier molecular flexibility index (Phi) is 10.0. The Hall–Kier alpha value is -4.76. The van der Waals surface area contributed by atoms with Crippen LogP contribution < -0.4 is 21.1 Å². The summed E-state index contributed by atoms with van der Waals surface area (Å²) in [6.07, 6.45) is 4.38. The first-order chi connectivity index (χ1) is 22.0. The molecular weight excluding hydrogens is 634 g/mol. The summed E-state index contributed by atoms with van der Waals surface area (Å²) < 4.78 is 50.8. The molecule has 1 unspecified atom stereocenters. The van der Waals surface area contributed by atoms with Crippen LogP contribution >= 0.6 is 11.3 Å². The van der Waals surface area contributed by atoms with Crippen LogP contribution in [0.25, 0.3) is 20.8 Å². The van der Waals surface area contributed by atoms with Crippen molar-refractivity contribution in [3.8, 4) is 22.1 Å². The molecule has 238 valence electrons. The molecule has 4 N–H and O–H groups in total. The van der Waals surface area contributed by atoms with E-state index in [4.69, 9.17) is 15.2 Å². The van der Waals surface area contributed by atoms with E-state index in [0.29, 0.717) is 29.1 Å². The molecule has 0 bridgehead atoms. The molecule has 11 nitrogen and oxygen atoms in total. The summed E-state index contributed by atoms with van der Waals surface area (Å²) in [7, 11) is -1.88. The summed E-state index contributed by atoms with van der Waals surface area (Å²) in [6, 6.07) is 16.6. The van der Waals surface area contributed by atoms with Crippen LogP contribution in [0, 0.1) is 5.82 Å². The van der Waals surface area contributed by atoms with Crippen molar-refractivity contribution in [1.29, 1.82) is 0 Å². The van der Waals surface area contributed by atoms with E-state index in [1.807, 2.05) is 18.2 Å². The number of nitrogens with one attached hydrogen (secondary N) is 2. The Labute approximate surface area is 268 Å². The second-order valence-electron chi connectivity index (χ2n) is 10.3. The molecule has 46 heavy (non-hydrogen) atoms. The van der Waals surface area contributed by atoms with Crippen LogP contribution in [0.15, 0.2) is 84.0 Å². The fourth-order valence-electron chi connectivity index (χ4n) is 4.56. The van der Waals surface area contributed by atoms with Gasteiger partial charge in [0.25, 0.3) is 0 Å². The third kappa shape index (κ3) is 7.72. The quantitative estimate of drug-likeness (QED) is 0.120. The smallest absolute Gasteiger partial charge is 0.241 e. The second kappa shape index (κ2) is 14.1. The van der Waals surface area contributed by atoms with Gasteiger partial charge in [-0.25, -0.2) is 12.8 Å². The Bertz CT molecular complexity index is 2000. The van der Waals surface area contributed by atoms with E-state index in [2.05, 4.69) is 20.6 Å². The molecule has 5 aromatic rings. The lowest BCUT2D eigenvalue weighted by Crippen LogP contribution is -2.32. The molecule has 0 saturated carbocycles. The highest BCUT2D eigenvalue weighted by atomic mass is 32.2. The van der Waals surface area contributed by atoms with E-state index in [-0.39, 0.29) is 21.9 Å². The number of amides is 2. The number of nitrogens with two attached hydrogens (primary N) is 1. The van der Waals surface area contributed by atoms with E-state index in [9.17, 15) is 18.0 Å². The van der Waals surface area contributed by atoms with Crippen molar-refractivity contribution in [2.45, 2.75) is 17.4 Å². The van der Waals surface area contributed by atoms with Gasteiger partial charge in [0.1, 0.15) is 11.7 Å². The molecule has 3 aromatic heterocycles. The van der Waals surface area contributed by atoms with Gasteiger partial charge in [-0.1, -0.05) is 18.2 Å². The number of thiophene rings is 1. The van der Waals surface area contributed by atoms with Gasteiger partial charge in [-0.3, -0.25) is 19.6 Å². The summed E-state index contributed by atoms with van der Waals surface area (Å²) in [4.78, 5) is 35.1. The molecule has 0 aliphatic carbocycles. The number of methoxy groups -OCH3 is 1. The maximum Gasteiger partial charge on any atom is 0.241 e. The highest BCUT2D eigenvalue weighted by Crippen LogP contribution is 2.39. The van der Waals surface area contributed by atoms with E-state index in [1.54, 1.807) is 25.6 Å². The number of fused-ring (bicyclic) bond motifs is 1. The molecule has 0 spiro atoms. The van der Waals surface area contributed by atoms with Gasteiger partial charge in [-0.15, -0.1) is 11.3 Å². The Morgan fingerprint density at radius 2 is 1.87 bits per heavy atom. The predicted octanol–water partition coefficient (Wildman–Crippen LogP) is 4.64. The number of rotatable bonds is 13. The number of primary amides is 1. The fraction of sp³-hybridized carbons (Fsp3) is 0.188. The van der Waals surface area contributed by atoms with E-state index in [0.717, 1.165) is 35.0 Å². The predicted molar refractivity (Wildman–Crippen MR) is 173 cm³/mol. The average Bonchev–Trinajstić information content (AvgIpc) is 3.46. The molecule has 3 heterocycles. The minimum Gasteiger partial charge on any atom is -0.453 e. The van der Waals surface area contributed by atoms with Gasteiger partial charge in [-0.2, -0.15) is 0 Å². The Balaban J connectivity index is 1.33. The van der Waals surface area contributed by atoms with Crippen LogP contribution in [0.5, 0.6) is 11.5 Å². The number of aromatic nitrogens is 2. The topological polar surface area (TPSA) is 163 Å². The summed E-state index contributed by atoms with van der Waals surface area (Å²) in [6.45, 7) is 2.02. The summed E-state index contributed by atoms with van der Waals surface area (Å²) in [5.41, 5.74) is 8.08. The van der Waals surface area contributed by atoms with Gasteiger partial charge < -0.3 is 25.8 Å². The number of halogens is 1. The van der Waals surface area contributed by atoms with Gasteiger partial charge >= 0.3 is 0 Å². The van der Waals surface area contributed by atoms with Crippen LogP contribution in [-0.2, 0) is 30.7 Å². The number of benzene rings is 2. The number of carbonyl (C=O) groups is 2. The molecule has 0 aliphatic rings. The van der Waals surface area contributed by atoms with Crippen molar-refractivity contribution < 1.29 is 31.9 Å². The average molecular weight is 664 g/mol. The van der Waals surface area contributed by atoms with Crippen molar-refractivity contribution in [3.05, 3.63) is 96.1 Å². The lowest BCUT2D eigenvalue weighted by Gasteiger charge is -2.16. The zero-order valence-electron chi connectivity index (χ0n) is 24.8. The maximum atomic E-state index is 15.4.